The molecule has 0 saturated heterocycles. The standard InChI is InChI=1S/C21H16F4N4O4S/c1-3-34(31,32)17-8-13(12-6-15(22)9-16(7-12)33-2)10-26-19(17)29-20(30)28-11-14(21(23,24)25)4-5-18(28)27-29/h4-11H,3H2,1-2H3. The van der Waals surface area contributed by atoms with Gasteiger partial charge in [-0.1, -0.05) is 6.92 Å². The molecule has 0 N–H and O–H groups in total. The summed E-state index contributed by atoms with van der Waals surface area (Å²) in [6.07, 6.45) is -2.92. The SMILES string of the molecule is CCS(=O)(=O)c1cc(-c2cc(F)cc(OC)c2)cnc1-n1nc2ccc(C(F)(F)F)cn2c1=O. The summed E-state index contributed by atoms with van der Waals surface area (Å²) < 4.78 is 85.2. The average Bonchev–Trinajstić information content (AvgIpc) is 3.13. The highest BCUT2D eigenvalue weighted by molar-refractivity contribution is 7.91. The number of hydrogen-bond acceptors (Lipinski definition) is 6. The summed E-state index contributed by atoms with van der Waals surface area (Å²) in [6, 6.07) is 6.70. The Bertz CT molecular complexity index is 1580. The Morgan fingerprint density at radius 1 is 1.09 bits per heavy atom. The zero-order valence-corrected chi connectivity index (χ0v) is 18.5. The topological polar surface area (TPSA) is 95.6 Å². The molecule has 0 fully saturated rings. The summed E-state index contributed by atoms with van der Waals surface area (Å²) in [7, 11) is -2.66. The molecule has 0 amide bonds. The highest BCUT2D eigenvalue weighted by Gasteiger charge is 2.31. The summed E-state index contributed by atoms with van der Waals surface area (Å²) in [5.41, 5.74) is -1.78. The number of ether oxygens (including phenoxy) is 1. The molecule has 0 atom stereocenters. The summed E-state index contributed by atoms with van der Waals surface area (Å²) in [4.78, 5) is 16.5. The number of alkyl halides is 3. The molecule has 0 radical (unpaired) electrons. The minimum atomic E-state index is -4.70. The van der Waals surface area contributed by atoms with Gasteiger partial charge in [0.2, 0.25) is 0 Å². The predicted molar refractivity (Wildman–Crippen MR) is 113 cm³/mol. The number of pyridine rings is 2. The van der Waals surface area contributed by atoms with Crippen LogP contribution in [0.2, 0.25) is 0 Å². The summed E-state index contributed by atoms with van der Waals surface area (Å²) >= 11 is 0. The van der Waals surface area contributed by atoms with Crippen LogP contribution in [0.3, 0.4) is 0 Å². The molecule has 0 saturated carbocycles. The first-order chi connectivity index (χ1) is 15.9. The minimum absolute atomic E-state index is 0.140. The van der Waals surface area contributed by atoms with Gasteiger partial charge in [0.15, 0.2) is 21.3 Å². The van der Waals surface area contributed by atoms with Crippen molar-refractivity contribution in [2.75, 3.05) is 12.9 Å². The first-order valence-corrected chi connectivity index (χ1v) is 11.4. The second kappa shape index (κ2) is 8.24. The van der Waals surface area contributed by atoms with Gasteiger partial charge >= 0.3 is 11.9 Å². The first kappa shape index (κ1) is 23.4. The van der Waals surface area contributed by atoms with Crippen LogP contribution in [0.4, 0.5) is 17.6 Å². The summed E-state index contributed by atoms with van der Waals surface area (Å²) in [5, 5.41) is 3.95. The van der Waals surface area contributed by atoms with Crippen LogP contribution >= 0.6 is 0 Å². The van der Waals surface area contributed by atoms with Crippen LogP contribution in [-0.2, 0) is 16.0 Å². The van der Waals surface area contributed by atoms with Crippen molar-refractivity contribution < 1.29 is 30.7 Å². The molecule has 0 aliphatic rings. The smallest absolute Gasteiger partial charge is 0.417 e. The Balaban J connectivity index is 1.96. The maximum Gasteiger partial charge on any atom is 0.417 e. The van der Waals surface area contributed by atoms with Crippen molar-refractivity contribution in [1.82, 2.24) is 19.2 Å². The average molecular weight is 496 g/mol. The number of nitrogens with zero attached hydrogens (tertiary/aromatic N) is 4. The number of fused-ring (bicyclic) bond motifs is 1. The van der Waals surface area contributed by atoms with Crippen molar-refractivity contribution in [3.63, 3.8) is 0 Å². The number of rotatable bonds is 5. The molecule has 13 heteroatoms. The van der Waals surface area contributed by atoms with Crippen LogP contribution in [0, 0.1) is 5.82 Å². The molecule has 0 spiro atoms. The highest BCUT2D eigenvalue weighted by Crippen LogP contribution is 2.30. The van der Waals surface area contributed by atoms with Crippen LogP contribution in [0.5, 0.6) is 5.75 Å². The lowest BCUT2D eigenvalue weighted by Crippen LogP contribution is -2.23. The molecule has 4 aromatic rings. The Morgan fingerprint density at radius 3 is 2.47 bits per heavy atom. The van der Waals surface area contributed by atoms with Gasteiger partial charge in [-0.25, -0.2) is 27.0 Å². The largest absolute Gasteiger partial charge is 0.497 e. The molecule has 8 nitrogen and oxygen atoms in total. The van der Waals surface area contributed by atoms with Gasteiger partial charge in [-0.15, -0.1) is 5.10 Å². The van der Waals surface area contributed by atoms with Crippen molar-refractivity contribution in [3.8, 4) is 22.7 Å². The maximum atomic E-state index is 14.0. The third-order valence-corrected chi connectivity index (χ3v) is 6.76. The molecule has 34 heavy (non-hydrogen) atoms. The van der Waals surface area contributed by atoms with E-state index >= 15 is 0 Å². The van der Waals surface area contributed by atoms with E-state index in [9.17, 15) is 30.8 Å². The fraction of sp³-hybridized carbons (Fsp3) is 0.190. The molecule has 0 unspecified atom stereocenters. The van der Waals surface area contributed by atoms with Crippen LogP contribution in [0.15, 0.2) is 58.5 Å². The van der Waals surface area contributed by atoms with Gasteiger partial charge in [-0.05, 0) is 35.9 Å². The molecule has 0 aliphatic heterocycles. The van der Waals surface area contributed by atoms with E-state index < -0.39 is 43.8 Å². The quantitative estimate of drug-likeness (QED) is 0.393. The van der Waals surface area contributed by atoms with E-state index in [1.165, 1.54) is 32.4 Å². The molecule has 3 aromatic heterocycles. The van der Waals surface area contributed by atoms with Crippen molar-refractivity contribution in [3.05, 3.63) is 70.7 Å². The van der Waals surface area contributed by atoms with E-state index in [1.54, 1.807) is 0 Å². The lowest BCUT2D eigenvalue weighted by Gasteiger charge is -2.11. The van der Waals surface area contributed by atoms with Crippen molar-refractivity contribution in [1.29, 1.82) is 0 Å². The number of halogens is 4. The fourth-order valence-corrected chi connectivity index (χ4v) is 4.30. The second-order valence-electron chi connectivity index (χ2n) is 7.17. The maximum absolute atomic E-state index is 14.0. The lowest BCUT2D eigenvalue weighted by molar-refractivity contribution is -0.137. The van der Waals surface area contributed by atoms with Crippen LogP contribution < -0.4 is 10.4 Å². The van der Waals surface area contributed by atoms with Gasteiger partial charge in [0.05, 0.1) is 18.4 Å². The molecular weight excluding hydrogens is 480 g/mol. The third kappa shape index (κ3) is 4.14. The van der Waals surface area contributed by atoms with Gasteiger partial charge in [-0.2, -0.15) is 17.9 Å². The van der Waals surface area contributed by atoms with Gasteiger partial charge in [0, 0.05) is 24.0 Å². The van der Waals surface area contributed by atoms with E-state index in [0.717, 1.165) is 24.3 Å². The second-order valence-corrected chi connectivity index (χ2v) is 9.41. The number of aromatic nitrogens is 4. The Labute approximate surface area is 190 Å². The summed E-state index contributed by atoms with van der Waals surface area (Å²) in [6.45, 7) is 1.37. The zero-order chi connectivity index (χ0) is 24.8. The zero-order valence-electron chi connectivity index (χ0n) is 17.7. The lowest BCUT2D eigenvalue weighted by atomic mass is 10.1. The van der Waals surface area contributed by atoms with Crippen molar-refractivity contribution in [2.45, 2.75) is 18.0 Å². The molecule has 0 bridgehead atoms. The van der Waals surface area contributed by atoms with Gasteiger partial charge < -0.3 is 4.74 Å². The van der Waals surface area contributed by atoms with Gasteiger partial charge in [0.1, 0.15) is 16.5 Å². The predicted octanol–water partition coefficient (Wildman–Crippen LogP) is 3.51. The molecular formula is C21H16F4N4O4S. The van der Waals surface area contributed by atoms with E-state index in [4.69, 9.17) is 4.74 Å². The van der Waals surface area contributed by atoms with Crippen molar-refractivity contribution >= 4 is 15.5 Å². The van der Waals surface area contributed by atoms with Crippen LogP contribution in [0.1, 0.15) is 12.5 Å². The minimum Gasteiger partial charge on any atom is -0.497 e. The van der Waals surface area contributed by atoms with Crippen LogP contribution in [-0.4, -0.2) is 40.4 Å². The third-order valence-electron chi connectivity index (χ3n) is 5.03. The Morgan fingerprint density at radius 2 is 1.82 bits per heavy atom. The van der Waals surface area contributed by atoms with Gasteiger partial charge in [0.25, 0.3) is 0 Å². The van der Waals surface area contributed by atoms with Crippen LogP contribution in [0.25, 0.3) is 22.6 Å². The number of hydrogen-bond donors (Lipinski definition) is 0. The van der Waals surface area contributed by atoms with E-state index in [-0.39, 0.29) is 28.3 Å². The van der Waals surface area contributed by atoms with E-state index in [0.29, 0.717) is 15.3 Å². The first-order valence-electron chi connectivity index (χ1n) is 9.71. The Hall–Kier alpha value is -3.74. The van der Waals surface area contributed by atoms with E-state index in [1.807, 2.05) is 0 Å². The monoisotopic (exact) mass is 496 g/mol. The van der Waals surface area contributed by atoms with E-state index in [2.05, 4.69) is 10.1 Å². The molecule has 3 heterocycles. The molecule has 178 valence electrons. The molecule has 4 rings (SSSR count). The van der Waals surface area contributed by atoms with Gasteiger partial charge in [-0.3, -0.25) is 0 Å². The summed E-state index contributed by atoms with van der Waals surface area (Å²) in [5.74, 6) is -1.19. The number of benzene rings is 1. The van der Waals surface area contributed by atoms with Crippen molar-refractivity contribution in [2.24, 2.45) is 0 Å². The normalized spacial score (nSPS) is 12.3. The highest BCUT2D eigenvalue weighted by atomic mass is 32.2. The number of methoxy groups -OCH3 is 1. The number of sulfone groups is 1. The molecule has 1 aromatic carbocycles. The molecule has 0 aliphatic carbocycles. The Kier molecular flexibility index (Phi) is 5.67. The fourth-order valence-electron chi connectivity index (χ4n) is 3.27.